The molecule has 7 nitrogen and oxygen atoms in total. The van der Waals surface area contributed by atoms with Crippen LogP contribution in [0.2, 0.25) is 10.0 Å². The predicted octanol–water partition coefficient (Wildman–Crippen LogP) is 4.94. The number of phenolic OH excluding ortho intramolecular Hbond substituents is 1. The van der Waals surface area contributed by atoms with Crippen molar-refractivity contribution in [1.82, 2.24) is 4.90 Å². The number of carbonyl (C=O) groups excluding carboxylic acids is 2. The smallest absolute Gasteiger partial charge is 0.295 e. The van der Waals surface area contributed by atoms with Gasteiger partial charge in [0.25, 0.3) is 11.7 Å². The first-order chi connectivity index (χ1) is 15.6. The van der Waals surface area contributed by atoms with Crippen molar-refractivity contribution in [3.63, 3.8) is 0 Å². The maximum absolute atomic E-state index is 13.1. The molecule has 1 heterocycles. The quantitative estimate of drug-likeness (QED) is 0.234. The van der Waals surface area contributed by atoms with Gasteiger partial charge in [0.2, 0.25) is 0 Å². The number of phenols is 1. The Morgan fingerprint density at radius 2 is 1.82 bits per heavy atom. The van der Waals surface area contributed by atoms with E-state index in [1.54, 1.807) is 12.1 Å². The maximum atomic E-state index is 13.1. The molecule has 3 rings (SSSR count). The molecule has 1 atom stereocenters. The molecule has 1 unspecified atom stereocenters. The highest BCUT2D eigenvalue weighted by molar-refractivity contribution is 6.46. The van der Waals surface area contributed by atoms with Crippen molar-refractivity contribution in [2.75, 3.05) is 20.3 Å². The Kier molecular flexibility index (Phi) is 7.89. The molecule has 1 amide bonds. The number of hydrogen-bond donors (Lipinski definition) is 2. The fourth-order valence-electron chi connectivity index (χ4n) is 3.76. The molecule has 2 aromatic carbocycles. The third kappa shape index (κ3) is 5.27. The number of amides is 1. The fourth-order valence-corrected chi connectivity index (χ4v) is 4.33. The summed E-state index contributed by atoms with van der Waals surface area (Å²) in [6.45, 7) is 4.45. The lowest BCUT2D eigenvalue weighted by molar-refractivity contribution is -0.140. The number of likely N-dealkylation sites (tertiary alicyclic amines) is 1. The van der Waals surface area contributed by atoms with Crippen molar-refractivity contribution in [2.45, 2.75) is 32.4 Å². The fraction of sp³-hybridized carbons (Fsp3) is 0.333. The predicted molar refractivity (Wildman–Crippen MR) is 126 cm³/mol. The van der Waals surface area contributed by atoms with Crippen LogP contribution in [-0.4, -0.2) is 53.2 Å². The van der Waals surface area contributed by atoms with Gasteiger partial charge in [0, 0.05) is 18.2 Å². The number of aromatic hydroxyl groups is 1. The molecule has 1 aliphatic heterocycles. The summed E-state index contributed by atoms with van der Waals surface area (Å²) in [5, 5.41) is 21.3. The Hall–Kier alpha value is -2.74. The van der Waals surface area contributed by atoms with E-state index in [9.17, 15) is 19.8 Å². The average Bonchev–Trinajstić information content (AvgIpc) is 3.01. The number of halogens is 2. The van der Waals surface area contributed by atoms with Crippen LogP contribution in [-0.2, 0) is 14.3 Å². The minimum atomic E-state index is -0.882. The first-order valence-corrected chi connectivity index (χ1v) is 11.1. The minimum absolute atomic E-state index is 0.0318. The molecule has 33 heavy (non-hydrogen) atoms. The second-order valence-corrected chi connectivity index (χ2v) is 8.67. The van der Waals surface area contributed by atoms with Crippen LogP contribution in [0.4, 0.5) is 0 Å². The molecule has 0 aliphatic carbocycles. The monoisotopic (exact) mass is 493 g/mol. The summed E-state index contributed by atoms with van der Waals surface area (Å²) >= 11 is 12.3. The number of aliphatic hydroxyl groups excluding tert-OH is 1. The topological polar surface area (TPSA) is 96.3 Å². The Bertz CT molecular complexity index is 1080. The molecular weight excluding hydrogens is 469 g/mol. The summed E-state index contributed by atoms with van der Waals surface area (Å²) in [7, 11) is 1.37. The minimum Gasteiger partial charge on any atom is -0.508 e. The summed E-state index contributed by atoms with van der Waals surface area (Å²) in [5.41, 5.74) is 0.525. The van der Waals surface area contributed by atoms with E-state index in [1.165, 1.54) is 36.3 Å². The number of hydrogen-bond acceptors (Lipinski definition) is 6. The van der Waals surface area contributed by atoms with Crippen molar-refractivity contribution < 1.29 is 29.3 Å². The van der Waals surface area contributed by atoms with Gasteiger partial charge in [-0.1, -0.05) is 35.3 Å². The Morgan fingerprint density at radius 3 is 2.42 bits per heavy atom. The number of benzene rings is 2. The van der Waals surface area contributed by atoms with Crippen LogP contribution in [0.5, 0.6) is 11.5 Å². The molecule has 9 heteroatoms. The van der Waals surface area contributed by atoms with E-state index in [1.807, 2.05) is 13.8 Å². The Morgan fingerprint density at radius 1 is 1.15 bits per heavy atom. The highest BCUT2D eigenvalue weighted by Gasteiger charge is 2.46. The summed E-state index contributed by atoms with van der Waals surface area (Å²) in [4.78, 5) is 27.5. The molecule has 2 aromatic rings. The van der Waals surface area contributed by atoms with Crippen molar-refractivity contribution in [1.29, 1.82) is 0 Å². The third-order valence-electron chi connectivity index (χ3n) is 5.21. The van der Waals surface area contributed by atoms with Gasteiger partial charge in [0.15, 0.2) is 0 Å². The zero-order valence-electron chi connectivity index (χ0n) is 18.5. The number of Topliss-reactive ketones (excluding diaryl/α,β-unsaturated/α-hetero) is 1. The molecule has 2 N–H and O–H groups in total. The van der Waals surface area contributed by atoms with Crippen LogP contribution < -0.4 is 4.74 Å². The number of ketones is 1. The summed E-state index contributed by atoms with van der Waals surface area (Å²) < 4.78 is 10.9. The van der Waals surface area contributed by atoms with E-state index < -0.39 is 23.5 Å². The van der Waals surface area contributed by atoms with Gasteiger partial charge in [0.05, 0.1) is 35.4 Å². The SMILES string of the molecule is COc1c(Cl)cc(Cl)cc1/C(O)=C1\C(=O)C(=O)N(CCCOC(C)C)C1c1ccc(O)cc1. The molecular formula is C24H25Cl2NO6. The zero-order valence-corrected chi connectivity index (χ0v) is 20.0. The van der Waals surface area contributed by atoms with E-state index in [-0.39, 0.29) is 45.3 Å². The molecule has 0 saturated carbocycles. The van der Waals surface area contributed by atoms with Crippen molar-refractivity contribution in [2.24, 2.45) is 0 Å². The molecule has 0 aromatic heterocycles. The van der Waals surface area contributed by atoms with Crippen molar-refractivity contribution >= 4 is 40.7 Å². The van der Waals surface area contributed by atoms with E-state index in [0.717, 1.165) is 0 Å². The lowest BCUT2D eigenvalue weighted by Crippen LogP contribution is -2.31. The standard InChI is InChI=1S/C24H25Cl2NO6/c1-13(2)33-10-4-9-27-20(14-5-7-16(28)8-6-14)19(22(30)24(27)31)21(29)17-11-15(25)12-18(26)23(17)32-3/h5-8,11-13,20,28-29H,4,9-10H2,1-3H3/b21-19+. The van der Waals surface area contributed by atoms with E-state index in [4.69, 9.17) is 32.7 Å². The van der Waals surface area contributed by atoms with Crippen molar-refractivity contribution in [3.8, 4) is 11.5 Å². The van der Waals surface area contributed by atoms with Gasteiger partial charge in [-0.15, -0.1) is 0 Å². The lowest BCUT2D eigenvalue weighted by Gasteiger charge is -2.25. The Labute approximate surface area is 202 Å². The average molecular weight is 494 g/mol. The van der Waals surface area contributed by atoms with Gasteiger partial charge in [-0.25, -0.2) is 0 Å². The number of carbonyl (C=O) groups is 2. The second kappa shape index (κ2) is 10.5. The van der Waals surface area contributed by atoms with Gasteiger partial charge in [-0.05, 0) is 50.1 Å². The van der Waals surface area contributed by atoms with E-state index in [0.29, 0.717) is 18.6 Å². The number of ether oxygens (including phenoxy) is 2. The first-order valence-electron chi connectivity index (χ1n) is 10.4. The highest BCUT2D eigenvalue weighted by Crippen LogP contribution is 2.43. The van der Waals surface area contributed by atoms with Gasteiger partial charge in [-0.2, -0.15) is 0 Å². The molecule has 176 valence electrons. The molecule has 0 bridgehead atoms. The summed E-state index contributed by atoms with van der Waals surface area (Å²) in [6.07, 6.45) is 0.528. The van der Waals surface area contributed by atoms with Crippen LogP contribution in [0, 0.1) is 0 Å². The van der Waals surface area contributed by atoms with Crippen LogP contribution in [0.1, 0.15) is 37.4 Å². The molecule has 1 aliphatic rings. The van der Waals surface area contributed by atoms with Crippen LogP contribution in [0.15, 0.2) is 42.0 Å². The number of aliphatic hydroxyl groups is 1. The number of nitrogens with zero attached hydrogens (tertiary/aromatic N) is 1. The van der Waals surface area contributed by atoms with Gasteiger partial charge < -0.3 is 24.6 Å². The van der Waals surface area contributed by atoms with E-state index >= 15 is 0 Å². The summed E-state index contributed by atoms with van der Waals surface area (Å²) in [6, 6.07) is 8.08. The van der Waals surface area contributed by atoms with Crippen LogP contribution in [0.3, 0.4) is 0 Å². The zero-order chi connectivity index (χ0) is 24.3. The van der Waals surface area contributed by atoms with Crippen LogP contribution in [0.25, 0.3) is 5.76 Å². The second-order valence-electron chi connectivity index (χ2n) is 7.83. The number of rotatable bonds is 8. The maximum Gasteiger partial charge on any atom is 0.295 e. The van der Waals surface area contributed by atoms with Gasteiger partial charge in [-0.3, -0.25) is 9.59 Å². The van der Waals surface area contributed by atoms with Crippen LogP contribution >= 0.6 is 23.2 Å². The highest BCUT2D eigenvalue weighted by atomic mass is 35.5. The van der Waals surface area contributed by atoms with E-state index in [2.05, 4.69) is 0 Å². The molecule has 0 spiro atoms. The third-order valence-corrected chi connectivity index (χ3v) is 5.71. The molecule has 1 saturated heterocycles. The van der Waals surface area contributed by atoms with Gasteiger partial charge >= 0.3 is 0 Å². The number of methoxy groups -OCH3 is 1. The Balaban J connectivity index is 2.13. The first kappa shape index (κ1) is 24.9. The molecule has 1 fully saturated rings. The van der Waals surface area contributed by atoms with Gasteiger partial charge in [0.1, 0.15) is 17.3 Å². The lowest BCUT2D eigenvalue weighted by atomic mass is 9.95. The normalized spacial score (nSPS) is 17.8. The largest absolute Gasteiger partial charge is 0.508 e. The molecule has 0 radical (unpaired) electrons. The summed E-state index contributed by atoms with van der Waals surface area (Å²) in [5.74, 6) is -1.88. The van der Waals surface area contributed by atoms with Crippen molar-refractivity contribution in [3.05, 3.63) is 63.1 Å².